The fraction of sp³-hybridized carbons (Fsp3) is 0.250. The predicted molar refractivity (Wildman–Crippen MR) is 52.4 cm³/mol. The number of hydrogen-bond acceptors (Lipinski definition) is 3. The van der Waals surface area contributed by atoms with Crippen molar-refractivity contribution in [3.05, 3.63) is 27.5 Å². The number of aromatic nitrogens is 1. The zero-order valence-corrected chi connectivity index (χ0v) is 8.88. The minimum Gasteiger partial charge on any atom is -0.395 e. The van der Waals surface area contributed by atoms with E-state index in [0.717, 1.165) is 4.47 Å². The summed E-state index contributed by atoms with van der Waals surface area (Å²) in [5, 5.41) is 17.9. The van der Waals surface area contributed by atoms with Crippen LogP contribution in [0.2, 0.25) is 5.02 Å². The van der Waals surface area contributed by atoms with Gasteiger partial charge in [-0.3, -0.25) is 4.98 Å². The van der Waals surface area contributed by atoms with Gasteiger partial charge in [0.2, 0.25) is 0 Å². The monoisotopic (exact) mass is 260 g/mol. The second kappa shape index (κ2) is 4.56. The molecule has 0 aromatic carbocycles. The van der Waals surface area contributed by atoms with Crippen molar-refractivity contribution in [2.45, 2.75) is 5.92 Å². The smallest absolute Gasteiger partial charge is 0.113 e. The lowest BCUT2D eigenvalue weighted by Crippen LogP contribution is -2.04. The Labute approximate surface area is 89.1 Å². The molecule has 0 amide bonds. The Hall–Kier alpha value is -0.630. The SMILES string of the molecule is N#CC(CO)c1ncc(Br)cc1Cl. The van der Waals surface area contributed by atoms with Gasteiger partial charge < -0.3 is 5.11 Å². The van der Waals surface area contributed by atoms with Crippen LogP contribution < -0.4 is 0 Å². The van der Waals surface area contributed by atoms with Crippen LogP contribution in [-0.2, 0) is 0 Å². The molecule has 5 heteroatoms. The van der Waals surface area contributed by atoms with Crippen molar-refractivity contribution in [1.82, 2.24) is 4.98 Å². The molecular formula is C8H6BrClN2O. The van der Waals surface area contributed by atoms with Gasteiger partial charge in [-0.05, 0) is 22.0 Å². The molecule has 1 rings (SSSR count). The Bertz CT molecular complexity index is 350. The highest BCUT2D eigenvalue weighted by molar-refractivity contribution is 9.10. The first kappa shape index (κ1) is 10.5. The van der Waals surface area contributed by atoms with E-state index >= 15 is 0 Å². The maximum Gasteiger partial charge on any atom is 0.113 e. The number of aliphatic hydroxyl groups is 1. The summed E-state index contributed by atoms with van der Waals surface area (Å²) >= 11 is 9.02. The zero-order valence-electron chi connectivity index (χ0n) is 6.54. The lowest BCUT2D eigenvalue weighted by molar-refractivity contribution is 0.284. The van der Waals surface area contributed by atoms with Crippen LogP contribution >= 0.6 is 27.5 Å². The van der Waals surface area contributed by atoms with Crippen LogP contribution in [0.25, 0.3) is 0 Å². The first-order valence-electron chi connectivity index (χ1n) is 3.50. The van der Waals surface area contributed by atoms with Gasteiger partial charge in [-0.15, -0.1) is 0 Å². The molecule has 0 aliphatic rings. The van der Waals surface area contributed by atoms with Crippen LogP contribution in [0.3, 0.4) is 0 Å². The molecule has 0 saturated carbocycles. The number of aliphatic hydroxyl groups excluding tert-OH is 1. The normalized spacial score (nSPS) is 12.2. The van der Waals surface area contributed by atoms with E-state index in [2.05, 4.69) is 20.9 Å². The average Bonchev–Trinajstić information content (AvgIpc) is 2.10. The van der Waals surface area contributed by atoms with Gasteiger partial charge in [0.1, 0.15) is 5.92 Å². The van der Waals surface area contributed by atoms with Gasteiger partial charge in [0.05, 0.1) is 23.4 Å². The van der Waals surface area contributed by atoms with Crippen molar-refractivity contribution in [2.75, 3.05) is 6.61 Å². The molecule has 0 aliphatic heterocycles. The van der Waals surface area contributed by atoms with Gasteiger partial charge in [0.25, 0.3) is 0 Å². The first-order chi connectivity index (χ1) is 6.19. The van der Waals surface area contributed by atoms with Gasteiger partial charge in [0.15, 0.2) is 0 Å². The topological polar surface area (TPSA) is 56.9 Å². The third-order valence-electron chi connectivity index (χ3n) is 1.50. The minimum atomic E-state index is -0.652. The number of pyridine rings is 1. The highest BCUT2D eigenvalue weighted by Crippen LogP contribution is 2.24. The van der Waals surface area contributed by atoms with Crippen LogP contribution in [-0.4, -0.2) is 16.7 Å². The predicted octanol–water partition coefficient (Wildman–Crippen LogP) is 2.10. The van der Waals surface area contributed by atoms with Crippen molar-refractivity contribution in [2.24, 2.45) is 0 Å². The van der Waals surface area contributed by atoms with Crippen molar-refractivity contribution < 1.29 is 5.11 Å². The summed E-state index contributed by atoms with van der Waals surface area (Å²) in [6, 6.07) is 3.56. The van der Waals surface area contributed by atoms with Crippen molar-refractivity contribution >= 4 is 27.5 Å². The molecule has 1 aromatic heterocycles. The van der Waals surface area contributed by atoms with E-state index < -0.39 is 5.92 Å². The Morgan fingerprint density at radius 2 is 2.46 bits per heavy atom. The Kier molecular flexibility index (Phi) is 3.67. The number of rotatable bonds is 2. The summed E-state index contributed by atoms with van der Waals surface area (Å²) < 4.78 is 0.746. The van der Waals surface area contributed by atoms with E-state index in [9.17, 15) is 0 Å². The van der Waals surface area contributed by atoms with E-state index in [1.54, 1.807) is 12.3 Å². The second-order valence-electron chi connectivity index (χ2n) is 2.38. The molecule has 0 bridgehead atoms. The molecule has 0 fully saturated rings. The maximum absolute atomic E-state index is 8.84. The van der Waals surface area contributed by atoms with Crippen LogP contribution in [0.5, 0.6) is 0 Å². The first-order valence-corrected chi connectivity index (χ1v) is 4.67. The fourth-order valence-corrected chi connectivity index (χ4v) is 1.63. The molecule has 1 heterocycles. The highest BCUT2D eigenvalue weighted by atomic mass is 79.9. The summed E-state index contributed by atoms with van der Waals surface area (Å²) in [6.45, 7) is -0.273. The molecule has 1 atom stereocenters. The Morgan fingerprint density at radius 3 is 2.92 bits per heavy atom. The van der Waals surface area contributed by atoms with Gasteiger partial charge >= 0.3 is 0 Å². The summed E-state index contributed by atoms with van der Waals surface area (Å²) in [6.07, 6.45) is 1.54. The molecule has 1 aromatic rings. The van der Waals surface area contributed by atoms with Crippen LogP contribution in [0.1, 0.15) is 11.6 Å². The third kappa shape index (κ3) is 2.41. The maximum atomic E-state index is 8.84. The van der Waals surface area contributed by atoms with Gasteiger partial charge in [-0.2, -0.15) is 5.26 Å². The molecule has 0 aliphatic carbocycles. The summed E-state index contributed by atoms with van der Waals surface area (Å²) in [4.78, 5) is 3.96. The van der Waals surface area contributed by atoms with E-state index in [1.165, 1.54) is 0 Å². The molecule has 0 spiro atoms. The largest absolute Gasteiger partial charge is 0.395 e. The molecular weight excluding hydrogens is 255 g/mol. The van der Waals surface area contributed by atoms with Crippen LogP contribution in [0, 0.1) is 11.3 Å². The molecule has 68 valence electrons. The molecule has 0 saturated heterocycles. The summed E-state index contributed by atoms with van der Waals surface area (Å²) in [5.41, 5.74) is 0.412. The van der Waals surface area contributed by atoms with E-state index in [4.69, 9.17) is 22.0 Å². The molecule has 13 heavy (non-hydrogen) atoms. The van der Waals surface area contributed by atoms with Crippen LogP contribution in [0.15, 0.2) is 16.7 Å². The van der Waals surface area contributed by atoms with Gasteiger partial charge in [-0.1, -0.05) is 11.6 Å². The summed E-state index contributed by atoms with van der Waals surface area (Å²) in [5.74, 6) is -0.652. The van der Waals surface area contributed by atoms with Crippen molar-refractivity contribution in [3.8, 4) is 6.07 Å². The lowest BCUT2D eigenvalue weighted by atomic mass is 10.1. The quantitative estimate of drug-likeness (QED) is 0.887. The molecule has 1 unspecified atom stereocenters. The van der Waals surface area contributed by atoms with E-state index in [1.807, 2.05) is 6.07 Å². The fourth-order valence-electron chi connectivity index (χ4n) is 0.870. The minimum absolute atomic E-state index is 0.273. The third-order valence-corrected chi connectivity index (χ3v) is 2.24. The van der Waals surface area contributed by atoms with Crippen molar-refractivity contribution in [3.63, 3.8) is 0 Å². The average molecular weight is 262 g/mol. The Morgan fingerprint density at radius 1 is 1.77 bits per heavy atom. The Balaban J connectivity index is 3.09. The van der Waals surface area contributed by atoms with Gasteiger partial charge in [0, 0.05) is 10.7 Å². The highest BCUT2D eigenvalue weighted by Gasteiger charge is 2.14. The number of nitriles is 1. The standard InChI is InChI=1S/C8H6BrClN2O/c9-6-1-7(10)8(12-3-6)5(2-11)4-13/h1,3,5,13H,4H2. The van der Waals surface area contributed by atoms with Crippen molar-refractivity contribution in [1.29, 1.82) is 5.26 Å². The molecule has 0 radical (unpaired) electrons. The zero-order chi connectivity index (χ0) is 9.84. The lowest BCUT2D eigenvalue weighted by Gasteiger charge is -2.06. The summed E-state index contributed by atoms with van der Waals surface area (Å²) in [7, 11) is 0. The van der Waals surface area contributed by atoms with E-state index in [-0.39, 0.29) is 6.61 Å². The second-order valence-corrected chi connectivity index (χ2v) is 3.71. The molecule has 1 N–H and O–H groups in total. The number of halogens is 2. The number of nitrogens with zero attached hydrogens (tertiary/aromatic N) is 2. The molecule has 3 nitrogen and oxygen atoms in total. The number of hydrogen-bond donors (Lipinski definition) is 1. The van der Waals surface area contributed by atoms with Crippen LogP contribution in [0.4, 0.5) is 0 Å². The van der Waals surface area contributed by atoms with E-state index in [0.29, 0.717) is 10.7 Å². The van der Waals surface area contributed by atoms with Gasteiger partial charge in [-0.25, -0.2) is 0 Å².